The number of carbonyl (C=O) groups excluding carboxylic acids is 3. The van der Waals surface area contributed by atoms with Crippen molar-refractivity contribution in [2.75, 3.05) is 14.2 Å². The van der Waals surface area contributed by atoms with E-state index >= 15 is 0 Å². The minimum absolute atomic E-state index is 0.576. The van der Waals surface area contributed by atoms with E-state index in [0.29, 0.717) is 0 Å². The topological polar surface area (TPSA) is 78.9 Å². The number of rotatable bonds is 3. The lowest BCUT2D eigenvalue weighted by molar-refractivity contribution is -0.160. The average Bonchev–Trinajstić information content (AvgIpc) is 2.99. The van der Waals surface area contributed by atoms with E-state index in [-0.39, 0.29) is 0 Å². The van der Waals surface area contributed by atoms with Gasteiger partial charge in [0.15, 0.2) is 0 Å². The van der Waals surface area contributed by atoms with Crippen LogP contribution in [0.15, 0.2) is 0 Å². The molecule has 0 N–H and O–H groups in total. The van der Waals surface area contributed by atoms with Gasteiger partial charge in [-0.25, -0.2) is 0 Å². The van der Waals surface area contributed by atoms with Crippen molar-refractivity contribution >= 4 is 17.9 Å². The van der Waals surface area contributed by atoms with E-state index in [9.17, 15) is 14.4 Å². The molecule has 1 aliphatic rings. The minimum atomic E-state index is -0.802. The van der Waals surface area contributed by atoms with Gasteiger partial charge < -0.3 is 14.2 Å². The number of esters is 3. The quantitative estimate of drug-likeness (QED) is 0.543. The zero-order chi connectivity index (χ0) is 14.1. The smallest absolute Gasteiger partial charge is 0.311 e. The molecule has 0 spiro atoms. The largest absolute Gasteiger partial charge is 0.469 e. The van der Waals surface area contributed by atoms with Gasteiger partial charge in [0.1, 0.15) is 5.60 Å². The summed E-state index contributed by atoms with van der Waals surface area (Å²) in [6, 6.07) is 0. The second-order valence-corrected chi connectivity index (χ2v) is 5.16. The summed E-state index contributed by atoms with van der Waals surface area (Å²) in [5.74, 6) is -4.16. The normalized spacial score (nSPS) is 26.2. The van der Waals surface area contributed by atoms with Gasteiger partial charge in [0.25, 0.3) is 0 Å². The third-order valence-corrected chi connectivity index (χ3v) is 2.65. The molecular weight excluding hydrogens is 240 g/mol. The Bertz CT molecular complexity index is 345. The first-order chi connectivity index (χ1) is 8.22. The Hall–Kier alpha value is -1.59. The van der Waals surface area contributed by atoms with Gasteiger partial charge in [0.05, 0.1) is 32.0 Å². The molecule has 1 aliphatic carbocycles. The maximum absolute atomic E-state index is 11.8. The first-order valence-corrected chi connectivity index (χ1v) is 5.61. The van der Waals surface area contributed by atoms with Gasteiger partial charge >= 0.3 is 17.9 Å². The van der Waals surface area contributed by atoms with Crippen molar-refractivity contribution in [2.24, 2.45) is 17.8 Å². The zero-order valence-corrected chi connectivity index (χ0v) is 11.2. The average molecular weight is 258 g/mol. The SMILES string of the molecule is COC(=O)[C@@H]1C(C(=O)OC(C)(C)C)[C@@H]1C(=O)OC. The Morgan fingerprint density at radius 1 is 0.778 bits per heavy atom. The Labute approximate surface area is 106 Å². The van der Waals surface area contributed by atoms with Crippen LogP contribution in [-0.2, 0) is 28.6 Å². The van der Waals surface area contributed by atoms with Crippen molar-refractivity contribution in [1.29, 1.82) is 0 Å². The zero-order valence-electron chi connectivity index (χ0n) is 11.2. The fourth-order valence-corrected chi connectivity index (χ4v) is 1.83. The summed E-state index contributed by atoms with van der Waals surface area (Å²) in [4.78, 5) is 34.7. The van der Waals surface area contributed by atoms with Gasteiger partial charge in [-0.1, -0.05) is 0 Å². The van der Waals surface area contributed by atoms with Crippen LogP contribution >= 0.6 is 0 Å². The van der Waals surface area contributed by atoms with Gasteiger partial charge in [-0.05, 0) is 20.8 Å². The van der Waals surface area contributed by atoms with Crippen LogP contribution < -0.4 is 0 Å². The molecule has 1 saturated carbocycles. The summed E-state index contributed by atoms with van der Waals surface area (Å²) in [5.41, 5.74) is -0.666. The highest BCUT2D eigenvalue weighted by Gasteiger charge is 2.65. The van der Waals surface area contributed by atoms with Crippen LogP contribution in [-0.4, -0.2) is 37.7 Å². The number of hydrogen-bond donors (Lipinski definition) is 0. The third kappa shape index (κ3) is 3.00. The maximum Gasteiger partial charge on any atom is 0.311 e. The predicted octanol–water partition coefficient (Wildman–Crippen LogP) is 0.536. The number of methoxy groups -OCH3 is 2. The third-order valence-electron chi connectivity index (χ3n) is 2.65. The van der Waals surface area contributed by atoms with Crippen LogP contribution in [0.5, 0.6) is 0 Å². The monoisotopic (exact) mass is 258 g/mol. The van der Waals surface area contributed by atoms with Crippen molar-refractivity contribution in [3.05, 3.63) is 0 Å². The van der Waals surface area contributed by atoms with Crippen LogP contribution in [0.25, 0.3) is 0 Å². The number of ether oxygens (including phenoxy) is 3. The number of carbonyl (C=O) groups is 3. The van der Waals surface area contributed by atoms with E-state index in [1.54, 1.807) is 20.8 Å². The molecular formula is C12H18O6. The summed E-state index contributed by atoms with van der Waals surface area (Å²) in [6.07, 6.45) is 0. The molecule has 0 saturated heterocycles. The molecule has 6 nitrogen and oxygen atoms in total. The molecule has 0 aromatic heterocycles. The Morgan fingerprint density at radius 2 is 1.11 bits per heavy atom. The van der Waals surface area contributed by atoms with Crippen LogP contribution in [0.2, 0.25) is 0 Å². The molecule has 0 bridgehead atoms. The Morgan fingerprint density at radius 3 is 1.39 bits per heavy atom. The lowest BCUT2D eigenvalue weighted by Gasteiger charge is -2.19. The highest BCUT2D eigenvalue weighted by atomic mass is 16.6. The second-order valence-electron chi connectivity index (χ2n) is 5.16. The number of hydrogen-bond acceptors (Lipinski definition) is 6. The molecule has 1 fully saturated rings. The predicted molar refractivity (Wildman–Crippen MR) is 60.3 cm³/mol. The summed E-state index contributed by atoms with van der Waals surface area (Å²) >= 11 is 0. The lowest BCUT2D eigenvalue weighted by Crippen LogP contribution is -2.26. The summed E-state index contributed by atoms with van der Waals surface area (Å²) in [6.45, 7) is 5.15. The first-order valence-electron chi connectivity index (χ1n) is 5.61. The minimum Gasteiger partial charge on any atom is -0.469 e. The summed E-state index contributed by atoms with van der Waals surface area (Å²) < 4.78 is 14.3. The van der Waals surface area contributed by atoms with Gasteiger partial charge in [-0.3, -0.25) is 14.4 Å². The van der Waals surface area contributed by atoms with Crippen molar-refractivity contribution < 1.29 is 28.6 Å². The fourth-order valence-electron chi connectivity index (χ4n) is 1.83. The van der Waals surface area contributed by atoms with Gasteiger partial charge in [0.2, 0.25) is 0 Å². The van der Waals surface area contributed by atoms with Crippen molar-refractivity contribution in [3.8, 4) is 0 Å². The molecule has 0 heterocycles. The van der Waals surface area contributed by atoms with Gasteiger partial charge in [-0.15, -0.1) is 0 Å². The Balaban J connectivity index is 2.78. The van der Waals surface area contributed by atoms with Crippen molar-refractivity contribution in [3.63, 3.8) is 0 Å². The second kappa shape index (κ2) is 4.96. The van der Waals surface area contributed by atoms with Crippen LogP contribution in [0.1, 0.15) is 20.8 Å². The van der Waals surface area contributed by atoms with Crippen LogP contribution in [0.3, 0.4) is 0 Å². The van der Waals surface area contributed by atoms with E-state index in [4.69, 9.17) is 4.74 Å². The molecule has 1 unspecified atom stereocenters. The Kier molecular flexibility index (Phi) is 3.98. The summed E-state index contributed by atoms with van der Waals surface area (Å²) in [5, 5.41) is 0. The maximum atomic E-state index is 11.8. The molecule has 102 valence electrons. The van der Waals surface area contributed by atoms with E-state index < -0.39 is 41.3 Å². The van der Waals surface area contributed by atoms with E-state index in [0.717, 1.165) is 0 Å². The molecule has 18 heavy (non-hydrogen) atoms. The highest BCUT2D eigenvalue weighted by molar-refractivity contribution is 5.97. The van der Waals surface area contributed by atoms with Crippen molar-refractivity contribution in [2.45, 2.75) is 26.4 Å². The van der Waals surface area contributed by atoms with Crippen LogP contribution in [0, 0.1) is 17.8 Å². The summed E-state index contributed by atoms with van der Waals surface area (Å²) in [7, 11) is 2.42. The molecule has 3 atom stereocenters. The van der Waals surface area contributed by atoms with E-state index in [1.165, 1.54) is 14.2 Å². The van der Waals surface area contributed by atoms with Crippen LogP contribution in [0.4, 0.5) is 0 Å². The standard InChI is InChI=1S/C12H18O6/c1-12(2,3)18-11(15)8-6(9(13)16-4)7(8)10(14)17-5/h6-8H,1-5H3/t6-,7+,8?. The fraction of sp³-hybridized carbons (Fsp3) is 0.750. The molecule has 6 heteroatoms. The lowest BCUT2D eigenvalue weighted by atomic mass is 10.2. The highest BCUT2D eigenvalue weighted by Crippen LogP contribution is 2.49. The van der Waals surface area contributed by atoms with E-state index in [2.05, 4.69) is 9.47 Å². The molecule has 0 amide bonds. The molecule has 0 aromatic rings. The van der Waals surface area contributed by atoms with Gasteiger partial charge in [-0.2, -0.15) is 0 Å². The molecule has 1 rings (SSSR count). The van der Waals surface area contributed by atoms with Crippen molar-refractivity contribution in [1.82, 2.24) is 0 Å². The van der Waals surface area contributed by atoms with E-state index in [1.807, 2.05) is 0 Å². The molecule has 0 aliphatic heterocycles. The van der Waals surface area contributed by atoms with Gasteiger partial charge in [0, 0.05) is 0 Å². The molecule has 0 radical (unpaired) electrons. The first kappa shape index (κ1) is 14.5. The molecule has 0 aromatic carbocycles.